The van der Waals surface area contributed by atoms with Gasteiger partial charge in [-0.05, 0) is 6.42 Å². The Morgan fingerprint density at radius 2 is 1.31 bits per heavy atom. The van der Waals surface area contributed by atoms with E-state index < -0.39 is 11.9 Å². The van der Waals surface area contributed by atoms with E-state index in [1.807, 2.05) is 28.2 Å². The van der Waals surface area contributed by atoms with Gasteiger partial charge in [0.25, 0.3) is 0 Å². The second kappa shape index (κ2) is 17.1. The lowest BCUT2D eigenvalue weighted by atomic mass is 10.0. The first-order valence-corrected chi connectivity index (χ1v) is 12.6. The van der Waals surface area contributed by atoms with E-state index in [2.05, 4.69) is 11.9 Å². The Balaban J connectivity index is 0.00000102. The number of unbranched alkanes of at least 4 members (excludes halogenated alkanes) is 11. The summed E-state index contributed by atoms with van der Waals surface area (Å²) in [4.78, 5) is 25.6. The van der Waals surface area contributed by atoms with Gasteiger partial charge in [0, 0.05) is 6.42 Å². The second-order valence-electron chi connectivity index (χ2n) is 10.5. The highest BCUT2D eigenvalue weighted by Crippen LogP contribution is 2.18. The average Bonchev–Trinajstić information content (AvgIpc) is 3.00. The van der Waals surface area contributed by atoms with Crippen LogP contribution in [0.15, 0.2) is 4.99 Å². The molecule has 1 aliphatic rings. The molecule has 0 aliphatic carbocycles. The van der Waals surface area contributed by atoms with Gasteiger partial charge in [0.2, 0.25) is 0 Å². The van der Waals surface area contributed by atoms with Crippen LogP contribution >= 0.6 is 0 Å². The number of hydrogen-bond donors (Lipinski definition) is 2. The molecule has 32 heavy (non-hydrogen) atoms. The van der Waals surface area contributed by atoms with E-state index >= 15 is 0 Å². The van der Waals surface area contributed by atoms with Crippen molar-refractivity contribution in [3.63, 3.8) is 0 Å². The fraction of sp³-hybridized carbons (Fsp3) is 0.880. The molecule has 0 saturated carbocycles. The van der Waals surface area contributed by atoms with E-state index in [1.54, 1.807) is 0 Å². The second-order valence-corrected chi connectivity index (χ2v) is 10.5. The lowest BCUT2D eigenvalue weighted by Crippen LogP contribution is -2.50. The molecular weight excluding hydrogens is 406 g/mol. The van der Waals surface area contributed by atoms with Gasteiger partial charge in [-0.25, -0.2) is 14.6 Å². The Bertz CT molecular complexity index is 558. The molecule has 1 atom stereocenters. The number of rotatable bonds is 17. The van der Waals surface area contributed by atoms with Gasteiger partial charge in [-0.1, -0.05) is 77.6 Å². The first-order valence-electron chi connectivity index (χ1n) is 12.6. The quantitative estimate of drug-likeness (QED) is 0.243. The van der Waals surface area contributed by atoms with Crippen molar-refractivity contribution in [3.05, 3.63) is 0 Å². The van der Waals surface area contributed by atoms with Gasteiger partial charge in [0.1, 0.15) is 6.54 Å². The molecule has 0 aromatic heterocycles. The minimum Gasteiger partial charge on any atom is -0.477 e. The predicted octanol–water partition coefficient (Wildman–Crippen LogP) is 4.80. The molecule has 0 amide bonds. The maximum atomic E-state index is 11.0. The number of hydrogen-bond acceptors (Lipinski definition) is 3. The minimum atomic E-state index is -0.752. The van der Waals surface area contributed by atoms with Crippen molar-refractivity contribution >= 4 is 17.8 Å². The first kappa shape index (κ1) is 30.5. The number of likely N-dealkylation sites (N-methyl/N-ethyl adjacent to an activating group) is 2. The number of amidine groups is 1. The molecule has 7 heteroatoms. The molecule has 188 valence electrons. The van der Waals surface area contributed by atoms with E-state index in [0.717, 1.165) is 31.8 Å². The van der Waals surface area contributed by atoms with Crippen LogP contribution in [0.4, 0.5) is 0 Å². The van der Waals surface area contributed by atoms with E-state index in [0.29, 0.717) is 8.97 Å². The number of aliphatic imine (C=N–C) groups is 1. The molecule has 2 N–H and O–H groups in total. The number of carbonyl (C=O) groups is 2. The zero-order chi connectivity index (χ0) is 24.5. The first-order chi connectivity index (χ1) is 15.0. The summed E-state index contributed by atoms with van der Waals surface area (Å²) in [6, 6.07) is 0. The summed E-state index contributed by atoms with van der Waals surface area (Å²) in [5.74, 6) is -0.372. The maximum Gasteiger partial charge on any atom is 0.359 e. The van der Waals surface area contributed by atoms with Gasteiger partial charge in [-0.2, -0.15) is 0 Å². The monoisotopic (exact) mass is 457 g/mol. The Labute approximate surface area is 196 Å². The SMILES string of the molecule is CCCCCCCCCCCCCCC1=NCC[N+]1(C)CC(=O)O.C[N+](C)(C)CC(=O)O. The molecule has 1 rings (SSSR count). The van der Waals surface area contributed by atoms with Gasteiger partial charge < -0.3 is 14.7 Å². The number of carboxylic acid groups (broad SMARTS) is 2. The molecular formula is C25H51N3O4+2. The van der Waals surface area contributed by atoms with Crippen molar-refractivity contribution in [3.8, 4) is 0 Å². The normalized spacial score (nSPS) is 18.1. The van der Waals surface area contributed by atoms with E-state index in [4.69, 9.17) is 10.2 Å². The molecule has 0 spiro atoms. The van der Waals surface area contributed by atoms with Gasteiger partial charge >= 0.3 is 11.9 Å². The van der Waals surface area contributed by atoms with Crippen molar-refractivity contribution < 1.29 is 28.8 Å². The third-order valence-electron chi connectivity index (χ3n) is 5.86. The molecule has 0 aromatic carbocycles. The Morgan fingerprint density at radius 3 is 1.69 bits per heavy atom. The molecule has 0 fully saturated rings. The fourth-order valence-corrected chi connectivity index (χ4v) is 4.05. The van der Waals surface area contributed by atoms with Gasteiger partial charge in [0.15, 0.2) is 18.9 Å². The lowest BCUT2D eigenvalue weighted by Gasteiger charge is -2.28. The highest BCUT2D eigenvalue weighted by atomic mass is 16.4. The fourth-order valence-electron chi connectivity index (χ4n) is 4.05. The zero-order valence-electron chi connectivity index (χ0n) is 21.6. The van der Waals surface area contributed by atoms with Crippen LogP contribution in [0.2, 0.25) is 0 Å². The van der Waals surface area contributed by atoms with E-state index in [9.17, 15) is 9.59 Å². The summed E-state index contributed by atoms with van der Waals surface area (Å²) < 4.78 is 1.00. The van der Waals surface area contributed by atoms with E-state index in [-0.39, 0.29) is 13.1 Å². The molecule has 1 heterocycles. The van der Waals surface area contributed by atoms with Crippen molar-refractivity contribution in [1.29, 1.82) is 0 Å². The molecule has 0 saturated heterocycles. The number of carboxylic acids is 2. The van der Waals surface area contributed by atoms with Crippen molar-refractivity contribution in [2.45, 2.75) is 90.4 Å². The van der Waals surface area contributed by atoms with Crippen molar-refractivity contribution in [1.82, 2.24) is 0 Å². The summed E-state index contributed by atoms with van der Waals surface area (Å²) in [7, 11) is 7.54. The molecule has 7 nitrogen and oxygen atoms in total. The largest absolute Gasteiger partial charge is 0.477 e. The van der Waals surface area contributed by atoms with Crippen LogP contribution in [0.5, 0.6) is 0 Å². The van der Waals surface area contributed by atoms with Crippen LogP contribution in [0, 0.1) is 0 Å². The topological polar surface area (TPSA) is 87.0 Å². The van der Waals surface area contributed by atoms with E-state index in [1.165, 1.54) is 70.6 Å². The third kappa shape index (κ3) is 17.1. The molecule has 0 bridgehead atoms. The van der Waals surface area contributed by atoms with Crippen LogP contribution in [0.3, 0.4) is 0 Å². The Morgan fingerprint density at radius 1 is 0.844 bits per heavy atom. The van der Waals surface area contributed by atoms with Crippen LogP contribution in [-0.2, 0) is 9.59 Å². The molecule has 1 unspecified atom stereocenters. The minimum absolute atomic E-state index is 0.178. The van der Waals surface area contributed by atoms with Crippen LogP contribution in [-0.4, -0.2) is 91.3 Å². The summed E-state index contributed by atoms with van der Waals surface area (Å²) in [6.07, 6.45) is 17.2. The van der Waals surface area contributed by atoms with Crippen molar-refractivity contribution in [2.24, 2.45) is 4.99 Å². The highest BCUT2D eigenvalue weighted by Gasteiger charge is 2.35. The van der Waals surface area contributed by atoms with Crippen LogP contribution < -0.4 is 0 Å². The average molecular weight is 458 g/mol. The maximum absolute atomic E-state index is 11.0. The van der Waals surface area contributed by atoms with Gasteiger partial charge in [0.05, 0.1) is 34.7 Å². The van der Waals surface area contributed by atoms with Crippen molar-refractivity contribution in [2.75, 3.05) is 54.4 Å². The summed E-state index contributed by atoms with van der Waals surface area (Å²) in [5, 5.41) is 17.3. The number of aliphatic carboxylic acids is 2. The van der Waals surface area contributed by atoms with Crippen LogP contribution in [0.1, 0.15) is 90.4 Å². The molecule has 1 aliphatic heterocycles. The predicted molar refractivity (Wildman–Crippen MR) is 132 cm³/mol. The standard InChI is InChI=1S/C20H38N2O2.C5H11NO2/c1-3-4-5-6-7-8-9-10-11-12-13-14-15-19-21-16-17-22(19,2)18-20(23)24;1-6(2,3)4-5(7)8/h3-18H2,1-2H3;4H2,1-3H3/p+2. The molecule has 0 aromatic rings. The zero-order valence-corrected chi connectivity index (χ0v) is 21.6. The summed E-state index contributed by atoms with van der Waals surface area (Å²) >= 11 is 0. The lowest BCUT2D eigenvalue weighted by molar-refractivity contribution is -0.862. The Kier molecular flexibility index (Phi) is 16.3. The summed E-state index contributed by atoms with van der Waals surface area (Å²) in [5.41, 5.74) is 0. The highest BCUT2D eigenvalue weighted by molar-refractivity contribution is 5.79. The van der Waals surface area contributed by atoms with Gasteiger partial charge in [-0.3, -0.25) is 4.48 Å². The smallest absolute Gasteiger partial charge is 0.359 e. The van der Waals surface area contributed by atoms with Crippen LogP contribution in [0.25, 0.3) is 0 Å². The number of nitrogens with zero attached hydrogens (tertiary/aromatic N) is 3. The third-order valence-corrected chi connectivity index (χ3v) is 5.86. The summed E-state index contributed by atoms with van der Waals surface area (Å²) in [6.45, 7) is 4.26. The van der Waals surface area contributed by atoms with Gasteiger partial charge in [-0.15, -0.1) is 0 Å². The molecule has 0 radical (unpaired) electrons. The Hall–Kier alpha value is -1.47. The number of quaternary nitrogens is 2.